The molecule has 0 atom stereocenters. The highest BCUT2D eigenvalue weighted by molar-refractivity contribution is 5.74. The molecule has 1 aromatic carbocycles. The topological polar surface area (TPSA) is 44.8 Å². The van der Waals surface area contributed by atoms with E-state index >= 15 is 0 Å². The van der Waals surface area contributed by atoms with Crippen molar-refractivity contribution in [1.82, 2.24) is 15.1 Å². The van der Waals surface area contributed by atoms with Gasteiger partial charge in [0.05, 0.1) is 0 Å². The second-order valence-corrected chi connectivity index (χ2v) is 6.65. The zero-order valence-electron chi connectivity index (χ0n) is 15.3. The molecular weight excluding hydrogens is 321 g/mol. The van der Waals surface area contributed by atoms with Crippen LogP contribution < -0.4 is 5.32 Å². The molecule has 2 rings (SSSR count). The summed E-state index contributed by atoms with van der Waals surface area (Å²) in [5.41, 5.74) is 0.632. The van der Waals surface area contributed by atoms with Crippen LogP contribution in [0.3, 0.4) is 0 Å². The van der Waals surface area contributed by atoms with Gasteiger partial charge in [-0.2, -0.15) is 0 Å². The van der Waals surface area contributed by atoms with Gasteiger partial charge in [0, 0.05) is 32.8 Å². The number of carbonyl (C=O) groups excluding carboxylic acids is 1. The van der Waals surface area contributed by atoms with E-state index in [1.807, 2.05) is 11.0 Å². The maximum absolute atomic E-state index is 13.7. The van der Waals surface area contributed by atoms with Crippen LogP contribution >= 0.6 is 0 Å². The van der Waals surface area contributed by atoms with Gasteiger partial charge in [0.1, 0.15) is 5.82 Å². The van der Waals surface area contributed by atoms with Crippen LogP contribution in [0.2, 0.25) is 0 Å². The molecule has 140 valence electrons. The van der Waals surface area contributed by atoms with Crippen molar-refractivity contribution in [3.05, 3.63) is 35.6 Å². The Kier molecular flexibility index (Phi) is 8.15. The third kappa shape index (κ3) is 6.29. The molecule has 0 aliphatic carbocycles. The lowest BCUT2D eigenvalue weighted by molar-refractivity contribution is 0.119. The van der Waals surface area contributed by atoms with Gasteiger partial charge in [0.2, 0.25) is 0 Å². The SMILES string of the molecule is COCCCN(C(=O)NCCc1ccccc1F)C1CCN(C)CC1. The van der Waals surface area contributed by atoms with Gasteiger partial charge in [-0.25, -0.2) is 9.18 Å². The number of benzene rings is 1. The number of nitrogens with zero attached hydrogens (tertiary/aromatic N) is 2. The van der Waals surface area contributed by atoms with E-state index in [2.05, 4.69) is 17.3 Å². The zero-order chi connectivity index (χ0) is 18.1. The predicted molar refractivity (Wildman–Crippen MR) is 97.2 cm³/mol. The highest BCUT2D eigenvalue weighted by Gasteiger charge is 2.26. The van der Waals surface area contributed by atoms with Crippen molar-refractivity contribution in [2.45, 2.75) is 31.7 Å². The summed E-state index contributed by atoms with van der Waals surface area (Å²) in [4.78, 5) is 16.9. The van der Waals surface area contributed by atoms with Crippen molar-refractivity contribution in [1.29, 1.82) is 0 Å². The highest BCUT2D eigenvalue weighted by Crippen LogP contribution is 2.16. The molecule has 2 amide bonds. The van der Waals surface area contributed by atoms with Gasteiger partial charge in [0.25, 0.3) is 0 Å². The standard InChI is InChI=1S/C19H30FN3O2/c1-22-13-9-17(10-14-22)23(12-5-15-25-2)19(24)21-11-8-16-6-3-4-7-18(16)20/h3-4,6-7,17H,5,8-15H2,1-2H3,(H,21,24). The van der Waals surface area contributed by atoms with Crippen molar-refractivity contribution in [2.24, 2.45) is 0 Å². The van der Waals surface area contributed by atoms with Crippen LogP contribution in [0, 0.1) is 5.82 Å². The number of amides is 2. The lowest BCUT2D eigenvalue weighted by atomic mass is 10.0. The van der Waals surface area contributed by atoms with Gasteiger partial charge in [-0.15, -0.1) is 0 Å². The van der Waals surface area contributed by atoms with E-state index in [-0.39, 0.29) is 17.9 Å². The van der Waals surface area contributed by atoms with Crippen molar-refractivity contribution in [3.63, 3.8) is 0 Å². The van der Waals surface area contributed by atoms with Crippen molar-refractivity contribution in [3.8, 4) is 0 Å². The Labute approximate surface area is 150 Å². The summed E-state index contributed by atoms with van der Waals surface area (Å²) in [6.45, 7) is 3.79. The number of nitrogens with one attached hydrogen (secondary N) is 1. The minimum absolute atomic E-state index is 0.0537. The summed E-state index contributed by atoms with van der Waals surface area (Å²) in [5, 5.41) is 2.96. The van der Waals surface area contributed by atoms with E-state index in [0.29, 0.717) is 31.7 Å². The van der Waals surface area contributed by atoms with Gasteiger partial charge >= 0.3 is 6.03 Å². The molecule has 0 spiro atoms. The van der Waals surface area contributed by atoms with E-state index in [9.17, 15) is 9.18 Å². The molecule has 1 aromatic rings. The summed E-state index contributed by atoms with van der Waals surface area (Å²) in [5.74, 6) is -0.219. The average Bonchev–Trinajstić information content (AvgIpc) is 2.61. The highest BCUT2D eigenvalue weighted by atomic mass is 19.1. The van der Waals surface area contributed by atoms with Gasteiger partial charge in [0.15, 0.2) is 0 Å². The molecular formula is C19H30FN3O2. The largest absolute Gasteiger partial charge is 0.385 e. The number of rotatable bonds is 8. The van der Waals surface area contributed by atoms with Crippen molar-refractivity contribution in [2.75, 3.05) is 46.9 Å². The van der Waals surface area contributed by atoms with Gasteiger partial charge in [-0.1, -0.05) is 18.2 Å². The number of piperidine rings is 1. The summed E-state index contributed by atoms with van der Waals surface area (Å²) in [6, 6.07) is 6.91. The number of methoxy groups -OCH3 is 1. The van der Waals surface area contributed by atoms with Gasteiger partial charge in [-0.05, 0) is 57.5 Å². The zero-order valence-corrected chi connectivity index (χ0v) is 15.3. The summed E-state index contributed by atoms with van der Waals surface area (Å²) in [6.07, 6.45) is 3.30. The van der Waals surface area contributed by atoms with Crippen LogP contribution in [0.15, 0.2) is 24.3 Å². The van der Waals surface area contributed by atoms with E-state index in [1.54, 1.807) is 19.2 Å². The Morgan fingerprint density at radius 3 is 2.76 bits per heavy atom. The Morgan fingerprint density at radius 2 is 2.08 bits per heavy atom. The average molecular weight is 351 g/mol. The van der Waals surface area contributed by atoms with E-state index < -0.39 is 0 Å². The molecule has 0 radical (unpaired) electrons. The van der Waals surface area contributed by atoms with E-state index in [0.717, 1.165) is 32.4 Å². The summed E-state index contributed by atoms with van der Waals surface area (Å²) in [7, 11) is 3.79. The van der Waals surface area contributed by atoms with Crippen LogP contribution in [0.25, 0.3) is 0 Å². The van der Waals surface area contributed by atoms with Gasteiger partial charge in [-0.3, -0.25) is 0 Å². The van der Waals surface area contributed by atoms with Crippen LogP contribution in [0.4, 0.5) is 9.18 Å². The number of carbonyl (C=O) groups is 1. The third-order valence-electron chi connectivity index (χ3n) is 4.77. The predicted octanol–water partition coefficient (Wildman–Crippen LogP) is 2.51. The number of halogens is 1. The molecule has 0 bridgehead atoms. The first-order chi connectivity index (χ1) is 12.1. The fourth-order valence-electron chi connectivity index (χ4n) is 3.24. The lowest BCUT2D eigenvalue weighted by Crippen LogP contribution is -2.51. The number of ether oxygens (including phenoxy) is 1. The molecule has 6 heteroatoms. The monoisotopic (exact) mass is 351 g/mol. The number of likely N-dealkylation sites (tertiary alicyclic amines) is 1. The van der Waals surface area contributed by atoms with Crippen LogP contribution in [0.1, 0.15) is 24.8 Å². The quantitative estimate of drug-likeness (QED) is 0.732. The van der Waals surface area contributed by atoms with Crippen molar-refractivity contribution >= 4 is 6.03 Å². The second kappa shape index (κ2) is 10.4. The smallest absolute Gasteiger partial charge is 0.317 e. The van der Waals surface area contributed by atoms with Crippen LogP contribution in [-0.2, 0) is 11.2 Å². The maximum atomic E-state index is 13.7. The Morgan fingerprint density at radius 1 is 1.36 bits per heavy atom. The molecule has 0 unspecified atom stereocenters. The first kappa shape index (κ1) is 19.7. The van der Waals surface area contributed by atoms with E-state index in [4.69, 9.17) is 4.74 Å². The first-order valence-electron chi connectivity index (χ1n) is 9.07. The molecule has 1 aliphatic rings. The maximum Gasteiger partial charge on any atom is 0.317 e. The Balaban J connectivity index is 1.86. The summed E-state index contributed by atoms with van der Waals surface area (Å²) < 4.78 is 18.8. The van der Waals surface area contributed by atoms with Crippen molar-refractivity contribution < 1.29 is 13.9 Å². The Hall–Kier alpha value is -1.66. The third-order valence-corrected chi connectivity index (χ3v) is 4.77. The van der Waals surface area contributed by atoms with Gasteiger partial charge < -0.3 is 19.9 Å². The molecule has 0 aromatic heterocycles. The molecule has 1 aliphatic heterocycles. The van der Waals surface area contributed by atoms with Crippen LogP contribution in [-0.4, -0.2) is 68.8 Å². The number of urea groups is 1. The lowest BCUT2D eigenvalue weighted by Gasteiger charge is -2.37. The minimum Gasteiger partial charge on any atom is -0.385 e. The number of hydrogen-bond donors (Lipinski definition) is 1. The molecule has 1 saturated heterocycles. The Bertz CT molecular complexity index is 533. The van der Waals surface area contributed by atoms with Crippen LogP contribution in [0.5, 0.6) is 0 Å². The minimum atomic E-state index is -0.219. The second-order valence-electron chi connectivity index (χ2n) is 6.65. The normalized spacial score (nSPS) is 16.0. The molecule has 1 heterocycles. The molecule has 1 N–H and O–H groups in total. The first-order valence-corrected chi connectivity index (χ1v) is 9.07. The fraction of sp³-hybridized carbons (Fsp3) is 0.632. The van der Waals surface area contributed by atoms with E-state index in [1.165, 1.54) is 6.07 Å². The molecule has 0 saturated carbocycles. The summed E-state index contributed by atoms with van der Waals surface area (Å²) >= 11 is 0. The number of hydrogen-bond acceptors (Lipinski definition) is 3. The molecule has 1 fully saturated rings. The molecule has 5 nitrogen and oxygen atoms in total. The molecule has 25 heavy (non-hydrogen) atoms. The fourth-order valence-corrected chi connectivity index (χ4v) is 3.24.